The van der Waals surface area contributed by atoms with Crippen molar-refractivity contribution in [2.24, 2.45) is 0 Å². The summed E-state index contributed by atoms with van der Waals surface area (Å²) < 4.78 is 18.3. The molecule has 0 heterocycles. The van der Waals surface area contributed by atoms with Crippen LogP contribution in [-0.2, 0) is 21.4 Å². The normalized spacial score (nSPS) is 12.2. The van der Waals surface area contributed by atoms with Crippen molar-refractivity contribution in [3.8, 4) is 5.75 Å². The molecule has 6 heteroatoms. The van der Waals surface area contributed by atoms with Gasteiger partial charge in [-0.05, 0) is 54.2 Å². The molecule has 0 aromatic heterocycles. The SMILES string of the molecule is C[C@H](Oc1ccc(F)cc1)C(=O)NNC(=O)CCc1ccc(C(C)(C)C)cc1. The molecule has 0 spiro atoms. The van der Waals surface area contributed by atoms with E-state index in [0.29, 0.717) is 12.2 Å². The number of carbonyl (C=O) groups excluding carboxylic acids is 2. The summed E-state index contributed by atoms with van der Waals surface area (Å²) in [6, 6.07) is 13.5. The van der Waals surface area contributed by atoms with Gasteiger partial charge >= 0.3 is 0 Å². The lowest BCUT2D eigenvalue weighted by Crippen LogP contribution is -2.47. The standard InChI is InChI=1S/C22H27FN2O3/c1-15(28-19-12-10-18(23)11-13-19)21(27)25-24-20(26)14-7-16-5-8-17(9-6-16)22(2,3)4/h5-6,8-13,15H,7,14H2,1-4H3,(H,24,26)(H,25,27)/t15-/m0/s1. The molecule has 2 rings (SSSR count). The van der Waals surface area contributed by atoms with Crippen LogP contribution in [0.1, 0.15) is 45.2 Å². The number of ether oxygens (including phenoxy) is 1. The molecule has 0 saturated carbocycles. The zero-order valence-corrected chi connectivity index (χ0v) is 16.7. The van der Waals surface area contributed by atoms with Crippen molar-refractivity contribution in [2.45, 2.75) is 52.1 Å². The molecular formula is C22H27FN2O3. The number of nitrogens with one attached hydrogen (secondary N) is 2. The van der Waals surface area contributed by atoms with Crippen molar-refractivity contribution in [1.82, 2.24) is 10.9 Å². The minimum Gasteiger partial charge on any atom is -0.481 e. The van der Waals surface area contributed by atoms with Gasteiger partial charge < -0.3 is 4.74 Å². The molecule has 0 radical (unpaired) electrons. The average molecular weight is 386 g/mol. The lowest BCUT2D eigenvalue weighted by Gasteiger charge is -2.19. The summed E-state index contributed by atoms with van der Waals surface area (Å²) in [6.45, 7) is 8.00. The number of hydrogen-bond donors (Lipinski definition) is 2. The Labute approximate surface area is 165 Å². The largest absolute Gasteiger partial charge is 0.481 e. The van der Waals surface area contributed by atoms with Gasteiger partial charge in [-0.3, -0.25) is 20.4 Å². The van der Waals surface area contributed by atoms with Gasteiger partial charge in [0.05, 0.1) is 0 Å². The van der Waals surface area contributed by atoms with Gasteiger partial charge in [-0.25, -0.2) is 4.39 Å². The minimum atomic E-state index is -0.837. The van der Waals surface area contributed by atoms with E-state index in [-0.39, 0.29) is 23.6 Å². The summed E-state index contributed by atoms with van der Waals surface area (Å²) in [5, 5.41) is 0. The predicted molar refractivity (Wildman–Crippen MR) is 106 cm³/mol. The summed E-state index contributed by atoms with van der Waals surface area (Å²) in [5.41, 5.74) is 7.11. The molecule has 28 heavy (non-hydrogen) atoms. The van der Waals surface area contributed by atoms with Crippen LogP contribution in [-0.4, -0.2) is 17.9 Å². The Morgan fingerprint density at radius 3 is 2.18 bits per heavy atom. The number of benzene rings is 2. The highest BCUT2D eigenvalue weighted by atomic mass is 19.1. The molecule has 2 N–H and O–H groups in total. The van der Waals surface area contributed by atoms with E-state index in [9.17, 15) is 14.0 Å². The molecule has 2 aromatic rings. The summed E-state index contributed by atoms with van der Waals surface area (Å²) in [7, 11) is 0. The van der Waals surface area contributed by atoms with E-state index < -0.39 is 12.0 Å². The Balaban J connectivity index is 1.74. The molecule has 0 unspecified atom stereocenters. The maximum Gasteiger partial charge on any atom is 0.279 e. The first kappa shape index (κ1) is 21.4. The number of hydrogen-bond acceptors (Lipinski definition) is 3. The highest BCUT2D eigenvalue weighted by molar-refractivity contribution is 5.84. The van der Waals surface area contributed by atoms with Gasteiger partial charge in [-0.15, -0.1) is 0 Å². The van der Waals surface area contributed by atoms with E-state index >= 15 is 0 Å². The molecule has 0 aliphatic carbocycles. The van der Waals surface area contributed by atoms with Crippen molar-refractivity contribution in [1.29, 1.82) is 0 Å². The van der Waals surface area contributed by atoms with Gasteiger partial charge in [0.1, 0.15) is 11.6 Å². The van der Waals surface area contributed by atoms with E-state index in [1.165, 1.54) is 29.8 Å². The van der Waals surface area contributed by atoms with Crippen molar-refractivity contribution < 1.29 is 18.7 Å². The maximum absolute atomic E-state index is 12.9. The highest BCUT2D eigenvalue weighted by Gasteiger charge is 2.16. The van der Waals surface area contributed by atoms with Gasteiger partial charge in [-0.2, -0.15) is 0 Å². The Hall–Kier alpha value is -2.89. The Bertz CT molecular complexity index is 796. The molecule has 2 aromatic carbocycles. The summed E-state index contributed by atoms with van der Waals surface area (Å²) >= 11 is 0. The first-order valence-corrected chi connectivity index (χ1v) is 9.25. The number of rotatable bonds is 6. The van der Waals surface area contributed by atoms with Crippen LogP contribution in [0, 0.1) is 5.82 Å². The first-order valence-electron chi connectivity index (χ1n) is 9.25. The van der Waals surface area contributed by atoms with Crippen LogP contribution >= 0.6 is 0 Å². The fourth-order valence-electron chi connectivity index (χ4n) is 2.50. The summed E-state index contributed by atoms with van der Waals surface area (Å²) in [6.07, 6.45) is -0.00784. The van der Waals surface area contributed by atoms with E-state index in [1.54, 1.807) is 6.92 Å². The summed E-state index contributed by atoms with van der Waals surface area (Å²) in [5.74, 6) is -0.798. The van der Waals surface area contributed by atoms with E-state index in [4.69, 9.17) is 4.74 Å². The number of hydrazine groups is 1. The van der Waals surface area contributed by atoms with Crippen LogP contribution in [0.25, 0.3) is 0 Å². The van der Waals surface area contributed by atoms with Gasteiger partial charge in [0.2, 0.25) is 5.91 Å². The molecule has 0 bridgehead atoms. The van der Waals surface area contributed by atoms with Crippen molar-refractivity contribution >= 4 is 11.8 Å². The minimum absolute atomic E-state index is 0.0901. The monoisotopic (exact) mass is 386 g/mol. The van der Waals surface area contributed by atoms with Crippen molar-refractivity contribution in [3.05, 3.63) is 65.5 Å². The van der Waals surface area contributed by atoms with E-state index in [0.717, 1.165) is 5.56 Å². The Morgan fingerprint density at radius 2 is 1.61 bits per heavy atom. The van der Waals surface area contributed by atoms with Gasteiger partial charge in [0.15, 0.2) is 6.10 Å². The van der Waals surface area contributed by atoms with Gasteiger partial charge in [-0.1, -0.05) is 45.0 Å². The molecule has 0 saturated heterocycles. The molecule has 1 atom stereocenters. The maximum atomic E-state index is 12.9. The van der Waals surface area contributed by atoms with Crippen LogP contribution in [0.3, 0.4) is 0 Å². The number of halogens is 1. The third kappa shape index (κ3) is 6.68. The van der Waals surface area contributed by atoms with Crippen LogP contribution in [0.15, 0.2) is 48.5 Å². The predicted octanol–water partition coefficient (Wildman–Crippen LogP) is 3.67. The van der Waals surface area contributed by atoms with Gasteiger partial charge in [0, 0.05) is 6.42 Å². The van der Waals surface area contributed by atoms with Crippen molar-refractivity contribution in [2.75, 3.05) is 0 Å². The quantitative estimate of drug-likeness (QED) is 0.745. The number of amides is 2. The second kappa shape index (κ2) is 9.35. The fraction of sp³-hybridized carbons (Fsp3) is 0.364. The third-order valence-corrected chi connectivity index (χ3v) is 4.28. The zero-order chi connectivity index (χ0) is 20.7. The second-order valence-corrected chi connectivity index (χ2v) is 7.70. The van der Waals surface area contributed by atoms with Crippen LogP contribution < -0.4 is 15.6 Å². The topological polar surface area (TPSA) is 67.4 Å². The first-order chi connectivity index (χ1) is 13.1. The molecule has 0 fully saturated rings. The van der Waals surface area contributed by atoms with E-state index in [1.807, 2.05) is 12.1 Å². The van der Waals surface area contributed by atoms with Crippen LogP contribution in [0.5, 0.6) is 5.75 Å². The Kier molecular flexibility index (Phi) is 7.15. The molecule has 150 valence electrons. The highest BCUT2D eigenvalue weighted by Crippen LogP contribution is 2.22. The van der Waals surface area contributed by atoms with Crippen LogP contribution in [0.2, 0.25) is 0 Å². The number of aryl methyl sites for hydroxylation is 1. The molecular weight excluding hydrogens is 359 g/mol. The second-order valence-electron chi connectivity index (χ2n) is 7.70. The third-order valence-electron chi connectivity index (χ3n) is 4.28. The molecule has 0 aliphatic heterocycles. The Morgan fingerprint density at radius 1 is 1.00 bits per heavy atom. The summed E-state index contributed by atoms with van der Waals surface area (Å²) in [4.78, 5) is 24.0. The van der Waals surface area contributed by atoms with Crippen LogP contribution in [0.4, 0.5) is 4.39 Å². The van der Waals surface area contributed by atoms with E-state index in [2.05, 4.69) is 43.8 Å². The molecule has 5 nitrogen and oxygen atoms in total. The lowest BCUT2D eigenvalue weighted by molar-refractivity contribution is -0.132. The lowest BCUT2D eigenvalue weighted by atomic mass is 9.86. The van der Waals surface area contributed by atoms with Gasteiger partial charge in [0.25, 0.3) is 5.91 Å². The fourth-order valence-corrected chi connectivity index (χ4v) is 2.50. The molecule has 2 amide bonds. The smallest absolute Gasteiger partial charge is 0.279 e. The zero-order valence-electron chi connectivity index (χ0n) is 16.7. The average Bonchev–Trinajstić information content (AvgIpc) is 2.65. The van der Waals surface area contributed by atoms with Crippen molar-refractivity contribution in [3.63, 3.8) is 0 Å². The number of carbonyl (C=O) groups is 2. The molecule has 0 aliphatic rings.